The summed E-state index contributed by atoms with van der Waals surface area (Å²) in [6.07, 6.45) is -0.297. The van der Waals surface area contributed by atoms with Crippen molar-refractivity contribution in [1.82, 2.24) is 4.98 Å². The maximum Gasteiger partial charge on any atom is 0.306 e. The lowest BCUT2D eigenvalue weighted by Crippen LogP contribution is -2.10. The molecule has 0 spiro atoms. The number of rotatable bonds is 7. The number of ether oxygens (including phenoxy) is 2. The molecule has 0 aliphatic rings. The largest absolute Gasteiger partial charge is 0.504 e. The van der Waals surface area contributed by atoms with E-state index in [0.717, 1.165) is 0 Å². The Morgan fingerprint density at radius 3 is 2.60 bits per heavy atom. The Hall–Kier alpha value is -3.00. The summed E-state index contributed by atoms with van der Waals surface area (Å²) in [7, 11) is 1.45. The molecule has 0 unspecified atom stereocenters. The van der Waals surface area contributed by atoms with Crippen molar-refractivity contribution in [2.24, 2.45) is 0 Å². The van der Waals surface area contributed by atoms with Crippen LogP contribution in [-0.4, -0.2) is 35.6 Å². The Morgan fingerprint density at radius 2 is 1.93 bits per heavy atom. The van der Waals surface area contributed by atoms with Crippen molar-refractivity contribution in [3.8, 4) is 22.6 Å². The summed E-state index contributed by atoms with van der Waals surface area (Å²) in [6, 6.07) is 9.52. The number of fused-ring (bicyclic) bond motifs is 1. The van der Waals surface area contributed by atoms with Crippen LogP contribution in [0.5, 0.6) is 11.5 Å². The van der Waals surface area contributed by atoms with E-state index in [4.69, 9.17) is 9.47 Å². The van der Waals surface area contributed by atoms with Crippen LogP contribution in [0.15, 0.2) is 40.9 Å². The third-order valence-electron chi connectivity index (χ3n) is 4.52. The first-order valence-corrected chi connectivity index (χ1v) is 10.0. The smallest absolute Gasteiger partial charge is 0.306 e. The van der Waals surface area contributed by atoms with Crippen molar-refractivity contribution in [2.75, 3.05) is 13.7 Å². The lowest BCUT2D eigenvalue weighted by Gasteiger charge is -2.13. The number of benzene rings is 2. The standard InChI is InChI=1S/C22H19BrFNO5/c1-3-30-18(27)10-9-17(26)21-22(28)19(23)15-6-4-5-14(20(15)25-21)13-8-7-12(29-2)11-16(13)24/h4-8,11,28H,3,9-10H2,1-2H3. The number of halogens is 2. The van der Waals surface area contributed by atoms with Gasteiger partial charge in [-0.1, -0.05) is 18.2 Å². The van der Waals surface area contributed by atoms with E-state index < -0.39 is 17.6 Å². The number of hydrogen-bond donors (Lipinski definition) is 1. The number of esters is 1. The van der Waals surface area contributed by atoms with Gasteiger partial charge in [-0.2, -0.15) is 0 Å². The maximum atomic E-state index is 14.7. The van der Waals surface area contributed by atoms with E-state index in [1.807, 2.05) is 0 Å². The van der Waals surface area contributed by atoms with Gasteiger partial charge in [-0.25, -0.2) is 9.37 Å². The van der Waals surface area contributed by atoms with Crippen LogP contribution in [0.1, 0.15) is 30.3 Å². The van der Waals surface area contributed by atoms with Crippen LogP contribution >= 0.6 is 15.9 Å². The fourth-order valence-corrected chi connectivity index (χ4v) is 3.57. The van der Waals surface area contributed by atoms with Crippen LogP contribution in [0.4, 0.5) is 4.39 Å². The van der Waals surface area contributed by atoms with Crippen LogP contribution in [0.2, 0.25) is 0 Å². The topological polar surface area (TPSA) is 85.7 Å². The summed E-state index contributed by atoms with van der Waals surface area (Å²) in [4.78, 5) is 28.5. The summed E-state index contributed by atoms with van der Waals surface area (Å²) in [5, 5.41) is 11.0. The molecule has 1 N–H and O–H groups in total. The molecule has 30 heavy (non-hydrogen) atoms. The van der Waals surface area contributed by atoms with Crippen molar-refractivity contribution in [3.63, 3.8) is 0 Å². The highest BCUT2D eigenvalue weighted by atomic mass is 79.9. The van der Waals surface area contributed by atoms with Crippen molar-refractivity contribution >= 4 is 38.6 Å². The molecular formula is C22H19BrFNO5. The van der Waals surface area contributed by atoms with Crippen molar-refractivity contribution in [2.45, 2.75) is 19.8 Å². The number of Topliss-reactive ketones (excluding diaryl/α,β-unsaturated/α-hetero) is 1. The minimum absolute atomic E-state index is 0.127. The first-order chi connectivity index (χ1) is 14.4. The molecule has 8 heteroatoms. The molecule has 1 heterocycles. The van der Waals surface area contributed by atoms with Crippen LogP contribution < -0.4 is 4.74 Å². The van der Waals surface area contributed by atoms with Gasteiger partial charge in [0, 0.05) is 29.0 Å². The van der Waals surface area contributed by atoms with Crippen LogP contribution in [0, 0.1) is 5.82 Å². The minimum atomic E-state index is -0.520. The van der Waals surface area contributed by atoms with Crippen molar-refractivity contribution < 1.29 is 28.6 Å². The molecule has 0 fully saturated rings. The fourth-order valence-electron chi connectivity index (χ4n) is 3.06. The number of nitrogens with zero attached hydrogens (tertiary/aromatic N) is 1. The third-order valence-corrected chi connectivity index (χ3v) is 5.32. The molecular weight excluding hydrogens is 457 g/mol. The first kappa shape index (κ1) is 21.7. The number of pyridine rings is 1. The van der Waals surface area contributed by atoms with Gasteiger partial charge >= 0.3 is 5.97 Å². The van der Waals surface area contributed by atoms with E-state index in [2.05, 4.69) is 20.9 Å². The number of carbonyl (C=O) groups is 2. The van der Waals surface area contributed by atoms with Gasteiger partial charge in [-0.3, -0.25) is 9.59 Å². The highest BCUT2D eigenvalue weighted by Gasteiger charge is 2.22. The molecule has 3 rings (SSSR count). The van der Waals surface area contributed by atoms with Gasteiger partial charge in [-0.15, -0.1) is 0 Å². The minimum Gasteiger partial charge on any atom is -0.504 e. The Bertz CT molecular complexity index is 1130. The van der Waals surface area contributed by atoms with Crippen LogP contribution in [-0.2, 0) is 9.53 Å². The predicted octanol–water partition coefficient (Wildman–Crippen LogP) is 5.04. The Morgan fingerprint density at radius 1 is 1.17 bits per heavy atom. The average Bonchev–Trinajstić information content (AvgIpc) is 2.74. The predicted molar refractivity (Wildman–Crippen MR) is 113 cm³/mol. The van der Waals surface area contributed by atoms with E-state index >= 15 is 0 Å². The Kier molecular flexibility index (Phi) is 6.66. The molecule has 0 amide bonds. The van der Waals surface area contributed by atoms with Gasteiger partial charge in [0.25, 0.3) is 0 Å². The monoisotopic (exact) mass is 475 g/mol. The highest BCUT2D eigenvalue weighted by Crippen LogP contribution is 2.39. The Balaban J connectivity index is 2.09. The number of carbonyl (C=O) groups excluding carboxylic acids is 2. The SMILES string of the molecule is CCOC(=O)CCC(=O)c1nc2c(-c3ccc(OC)cc3F)cccc2c(Br)c1O. The van der Waals surface area contributed by atoms with Crippen molar-refractivity contribution in [1.29, 1.82) is 0 Å². The molecule has 1 aromatic heterocycles. The molecule has 0 aliphatic heterocycles. The Labute approximate surface area is 180 Å². The number of hydrogen-bond acceptors (Lipinski definition) is 6. The molecule has 2 aromatic carbocycles. The molecule has 0 bridgehead atoms. The molecule has 3 aromatic rings. The highest BCUT2D eigenvalue weighted by molar-refractivity contribution is 9.10. The van der Waals surface area contributed by atoms with E-state index in [-0.39, 0.29) is 40.9 Å². The number of aromatic nitrogens is 1. The molecule has 0 saturated heterocycles. The van der Waals surface area contributed by atoms with E-state index in [1.54, 1.807) is 37.3 Å². The second-order valence-electron chi connectivity index (χ2n) is 6.40. The average molecular weight is 476 g/mol. The van der Waals surface area contributed by atoms with Gasteiger partial charge in [0.05, 0.1) is 30.1 Å². The van der Waals surface area contributed by atoms with Gasteiger partial charge in [0.2, 0.25) is 0 Å². The van der Waals surface area contributed by atoms with Crippen molar-refractivity contribution in [3.05, 3.63) is 52.4 Å². The third kappa shape index (κ3) is 4.28. The lowest BCUT2D eigenvalue weighted by atomic mass is 10.00. The van der Waals surface area contributed by atoms with E-state index in [0.29, 0.717) is 22.2 Å². The molecule has 6 nitrogen and oxygen atoms in total. The number of para-hydroxylation sites is 1. The number of ketones is 1. The zero-order valence-corrected chi connectivity index (χ0v) is 18.0. The fraction of sp³-hybridized carbons (Fsp3) is 0.227. The summed E-state index contributed by atoms with van der Waals surface area (Å²) >= 11 is 3.31. The molecule has 0 radical (unpaired) electrons. The number of methoxy groups -OCH3 is 1. The molecule has 0 aliphatic carbocycles. The van der Waals surface area contributed by atoms with Crippen LogP contribution in [0.3, 0.4) is 0 Å². The lowest BCUT2D eigenvalue weighted by molar-refractivity contribution is -0.143. The van der Waals surface area contributed by atoms with Gasteiger partial charge < -0.3 is 14.6 Å². The molecule has 0 saturated carbocycles. The van der Waals surface area contributed by atoms with E-state index in [1.165, 1.54) is 13.2 Å². The van der Waals surface area contributed by atoms with Crippen LogP contribution in [0.25, 0.3) is 22.0 Å². The van der Waals surface area contributed by atoms with Gasteiger partial charge in [0.1, 0.15) is 17.3 Å². The molecule has 0 atom stereocenters. The summed E-state index contributed by atoms with van der Waals surface area (Å²) in [5.74, 6) is -1.50. The first-order valence-electron chi connectivity index (χ1n) is 9.21. The second kappa shape index (κ2) is 9.21. The van der Waals surface area contributed by atoms with Gasteiger partial charge in [-0.05, 0) is 35.0 Å². The summed E-state index contributed by atoms with van der Waals surface area (Å²) < 4.78 is 24.8. The van der Waals surface area contributed by atoms with Gasteiger partial charge in [0.15, 0.2) is 11.5 Å². The summed E-state index contributed by atoms with van der Waals surface area (Å²) in [6.45, 7) is 1.89. The second-order valence-corrected chi connectivity index (χ2v) is 7.19. The zero-order valence-electron chi connectivity index (χ0n) is 16.4. The normalized spacial score (nSPS) is 10.8. The molecule has 156 valence electrons. The zero-order chi connectivity index (χ0) is 21.8. The number of aromatic hydroxyl groups is 1. The quantitative estimate of drug-likeness (QED) is 0.380. The maximum absolute atomic E-state index is 14.7. The summed E-state index contributed by atoms with van der Waals surface area (Å²) in [5.41, 5.74) is 0.870. The van der Waals surface area contributed by atoms with E-state index in [9.17, 15) is 19.1 Å².